The average molecular weight is 277 g/mol. The summed E-state index contributed by atoms with van der Waals surface area (Å²) in [7, 11) is 0. The van der Waals surface area contributed by atoms with Gasteiger partial charge in [-0.25, -0.2) is 0 Å². The first-order valence-electron chi connectivity index (χ1n) is 7.82. The van der Waals surface area contributed by atoms with Crippen LogP contribution in [-0.4, -0.2) is 6.54 Å². The van der Waals surface area contributed by atoms with Gasteiger partial charge in [0.2, 0.25) is 0 Å². The van der Waals surface area contributed by atoms with Crippen molar-refractivity contribution >= 4 is 5.70 Å². The van der Waals surface area contributed by atoms with Gasteiger partial charge in [-0.05, 0) is 49.8 Å². The minimum Gasteiger partial charge on any atom is -0.384 e. The largest absolute Gasteiger partial charge is 0.384 e. The number of aryl methyl sites for hydroxylation is 4. The van der Waals surface area contributed by atoms with Gasteiger partial charge in [0.1, 0.15) is 0 Å². The monoisotopic (exact) mass is 277 g/mol. The van der Waals surface area contributed by atoms with E-state index in [1.54, 1.807) is 0 Å². The SMILES string of the molecule is Cc1ccc(C)c(CCc2ccccc2C2=CCCN2)c1. The third-order valence-electron chi connectivity index (χ3n) is 4.28. The molecule has 0 atom stereocenters. The normalized spacial score (nSPS) is 13.9. The molecule has 0 spiro atoms. The molecule has 2 aromatic rings. The van der Waals surface area contributed by atoms with Gasteiger partial charge in [-0.1, -0.05) is 54.1 Å². The van der Waals surface area contributed by atoms with E-state index in [9.17, 15) is 0 Å². The summed E-state index contributed by atoms with van der Waals surface area (Å²) in [5.74, 6) is 0. The summed E-state index contributed by atoms with van der Waals surface area (Å²) in [5, 5.41) is 3.49. The second-order valence-electron chi connectivity index (χ2n) is 5.92. The van der Waals surface area contributed by atoms with E-state index < -0.39 is 0 Å². The lowest BCUT2D eigenvalue weighted by atomic mass is 9.95. The van der Waals surface area contributed by atoms with Crippen molar-refractivity contribution in [1.29, 1.82) is 0 Å². The molecule has 1 N–H and O–H groups in total. The first-order chi connectivity index (χ1) is 10.2. The molecular weight excluding hydrogens is 254 g/mol. The van der Waals surface area contributed by atoms with Crippen molar-refractivity contribution < 1.29 is 0 Å². The highest BCUT2D eigenvalue weighted by molar-refractivity contribution is 5.68. The molecule has 1 heteroatoms. The van der Waals surface area contributed by atoms with Crippen LogP contribution in [0.1, 0.15) is 34.2 Å². The van der Waals surface area contributed by atoms with Crippen molar-refractivity contribution in [3.8, 4) is 0 Å². The molecule has 1 heterocycles. The predicted molar refractivity (Wildman–Crippen MR) is 90.4 cm³/mol. The molecule has 0 aromatic heterocycles. The maximum atomic E-state index is 3.49. The maximum absolute atomic E-state index is 3.49. The van der Waals surface area contributed by atoms with E-state index in [-0.39, 0.29) is 0 Å². The molecule has 0 radical (unpaired) electrons. The molecule has 1 aliphatic heterocycles. The zero-order valence-corrected chi connectivity index (χ0v) is 12.9. The van der Waals surface area contributed by atoms with Crippen molar-refractivity contribution in [3.05, 3.63) is 76.4 Å². The number of nitrogens with one attached hydrogen (secondary N) is 1. The van der Waals surface area contributed by atoms with Crippen LogP contribution in [0.3, 0.4) is 0 Å². The molecule has 1 nitrogen and oxygen atoms in total. The van der Waals surface area contributed by atoms with E-state index in [4.69, 9.17) is 0 Å². The van der Waals surface area contributed by atoms with Crippen LogP contribution in [0.25, 0.3) is 5.70 Å². The summed E-state index contributed by atoms with van der Waals surface area (Å²) < 4.78 is 0. The third-order valence-corrected chi connectivity index (χ3v) is 4.28. The Morgan fingerprint density at radius 1 is 0.952 bits per heavy atom. The van der Waals surface area contributed by atoms with E-state index in [0.29, 0.717) is 0 Å². The summed E-state index contributed by atoms with van der Waals surface area (Å²) in [6.45, 7) is 5.45. The summed E-state index contributed by atoms with van der Waals surface area (Å²) in [4.78, 5) is 0. The Kier molecular flexibility index (Phi) is 4.10. The maximum Gasteiger partial charge on any atom is 0.0376 e. The lowest BCUT2D eigenvalue weighted by molar-refractivity contribution is 0.914. The van der Waals surface area contributed by atoms with Gasteiger partial charge in [-0.3, -0.25) is 0 Å². The Balaban J connectivity index is 1.81. The molecule has 0 saturated carbocycles. The molecule has 0 amide bonds. The van der Waals surface area contributed by atoms with Crippen LogP contribution >= 0.6 is 0 Å². The smallest absolute Gasteiger partial charge is 0.0376 e. The van der Waals surface area contributed by atoms with Gasteiger partial charge < -0.3 is 5.32 Å². The molecule has 2 aromatic carbocycles. The third kappa shape index (κ3) is 3.18. The Morgan fingerprint density at radius 2 is 1.76 bits per heavy atom. The van der Waals surface area contributed by atoms with Gasteiger partial charge in [-0.2, -0.15) is 0 Å². The van der Waals surface area contributed by atoms with Crippen LogP contribution in [0.2, 0.25) is 0 Å². The van der Waals surface area contributed by atoms with Crippen LogP contribution in [0.15, 0.2) is 48.5 Å². The standard InChI is InChI=1S/C20H23N/c1-15-9-10-16(2)18(14-15)12-11-17-6-3-4-7-19(17)20-8-5-13-21-20/h3-4,6-10,14,21H,5,11-13H2,1-2H3. The van der Waals surface area contributed by atoms with E-state index >= 15 is 0 Å². The molecule has 0 bridgehead atoms. The molecule has 3 rings (SSSR count). The molecule has 108 valence electrons. The molecule has 0 fully saturated rings. The zero-order chi connectivity index (χ0) is 14.7. The van der Waals surface area contributed by atoms with Crippen LogP contribution in [0.4, 0.5) is 0 Å². The van der Waals surface area contributed by atoms with Gasteiger partial charge in [0.05, 0.1) is 0 Å². The van der Waals surface area contributed by atoms with Gasteiger partial charge >= 0.3 is 0 Å². The lowest BCUT2D eigenvalue weighted by Gasteiger charge is -2.12. The molecule has 21 heavy (non-hydrogen) atoms. The Hall–Kier alpha value is -2.02. The molecule has 0 aliphatic carbocycles. The quantitative estimate of drug-likeness (QED) is 0.872. The predicted octanol–water partition coefficient (Wildman–Crippen LogP) is 4.42. The summed E-state index contributed by atoms with van der Waals surface area (Å²) >= 11 is 0. The van der Waals surface area contributed by atoms with Crippen LogP contribution in [0, 0.1) is 13.8 Å². The average Bonchev–Trinajstić information content (AvgIpc) is 3.03. The highest BCUT2D eigenvalue weighted by Crippen LogP contribution is 2.22. The fourth-order valence-electron chi connectivity index (χ4n) is 3.04. The van der Waals surface area contributed by atoms with E-state index in [1.807, 2.05) is 0 Å². The van der Waals surface area contributed by atoms with Crippen LogP contribution in [-0.2, 0) is 12.8 Å². The van der Waals surface area contributed by atoms with E-state index in [2.05, 4.69) is 67.7 Å². The van der Waals surface area contributed by atoms with Gasteiger partial charge in [-0.15, -0.1) is 0 Å². The minimum atomic E-state index is 1.07. The minimum absolute atomic E-state index is 1.07. The highest BCUT2D eigenvalue weighted by atomic mass is 14.9. The first-order valence-corrected chi connectivity index (χ1v) is 7.82. The van der Waals surface area contributed by atoms with E-state index in [1.165, 1.54) is 33.5 Å². The van der Waals surface area contributed by atoms with Gasteiger partial charge in [0.15, 0.2) is 0 Å². The second kappa shape index (κ2) is 6.17. The topological polar surface area (TPSA) is 12.0 Å². The van der Waals surface area contributed by atoms with E-state index in [0.717, 1.165) is 25.8 Å². The van der Waals surface area contributed by atoms with Crippen molar-refractivity contribution in [2.24, 2.45) is 0 Å². The van der Waals surface area contributed by atoms with Gasteiger partial charge in [0, 0.05) is 17.8 Å². The molecule has 0 unspecified atom stereocenters. The molecular formula is C20H23N. The fraction of sp³-hybridized carbons (Fsp3) is 0.300. The number of rotatable bonds is 4. The Labute approximate surface area is 127 Å². The molecule has 1 aliphatic rings. The number of hydrogen-bond donors (Lipinski definition) is 1. The lowest BCUT2D eigenvalue weighted by Crippen LogP contribution is -2.08. The highest BCUT2D eigenvalue weighted by Gasteiger charge is 2.10. The van der Waals surface area contributed by atoms with Crippen molar-refractivity contribution in [2.75, 3.05) is 6.54 Å². The van der Waals surface area contributed by atoms with Crippen molar-refractivity contribution in [3.63, 3.8) is 0 Å². The number of hydrogen-bond acceptors (Lipinski definition) is 1. The Bertz CT molecular complexity index is 667. The summed E-state index contributed by atoms with van der Waals surface area (Å²) in [5.41, 5.74) is 8.35. The fourth-order valence-corrected chi connectivity index (χ4v) is 3.04. The van der Waals surface area contributed by atoms with Crippen molar-refractivity contribution in [1.82, 2.24) is 5.32 Å². The van der Waals surface area contributed by atoms with Crippen LogP contribution < -0.4 is 5.32 Å². The second-order valence-corrected chi connectivity index (χ2v) is 5.92. The summed E-state index contributed by atoms with van der Waals surface area (Å²) in [6, 6.07) is 15.5. The number of benzene rings is 2. The van der Waals surface area contributed by atoms with Crippen LogP contribution in [0.5, 0.6) is 0 Å². The zero-order valence-electron chi connectivity index (χ0n) is 12.9. The van der Waals surface area contributed by atoms with Gasteiger partial charge in [0.25, 0.3) is 0 Å². The first kappa shape index (κ1) is 13.9. The summed E-state index contributed by atoms with van der Waals surface area (Å²) in [6.07, 6.45) is 5.66. The van der Waals surface area contributed by atoms with Crippen molar-refractivity contribution in [2.45, 2.75) is 33.1 Å². The molecule has 0 saturated heterocycles. The Morgan fingerprint density at radius 3 is 2.57 bits per heavy atom.